The second kappa shape index (κ2) is 4.13. The van der Waals surface area contributed by atoms with Crippen molar-refractivity contribution in [3.8, 4) is 0 Å². The maximum Gasteiger partial charge on any atom is 0.0118 e. The molecular weight excluding hydrogens is 216 g/mol. The van der Waals surface area contributed by atoms with Gasteiger partial charge in [0.25, 0.3) is 0 Å². The molecule has 1 aliphatic carbocycles. The van der Waals surface area contributed by atoms with E-state index in [1.165, 1.54) is 22.3 Å². The first-order valence-corrected chi connectivity index (χ1v) is 6.24. The van der Waals surface area contributed by atoms with Gasteiger partial charge in [-0.3, -0.25) is 0 Å². The van der Waals surface area contributed by atoms with Crippen molar-refractivity contribution in [2.24, 2.45) is 0 Å². The van der Waals surface area contributed by atoms with Crippen molar-refractivity contribution >= 4 is 11.1 Å². The third-order valence-corrected chi connectivity index (χ3v) is 4.15. The number of rotatable bonds is 3. The van der Waals surface area contributed by atoms with E-state index >= 15 is 0 Å². The zero-order chi connectivity index (χ0) is 13.5. The van der Waals surface area contributed by atoms with Gasteiger partial charge in [-0.15, -0.1) is 0 Å². The summed E-state index contributed by atoms with van der Waals surface area (Å²) in [6.07, 6.45) is 3.76. The lowest BCUT2D eigenvalue weighted by molar-refractivity contribution is 0.639. The highest BCUT2D eigenvalue weighted by Gasteiger charge is 2.34. The number of fused-ring (bicyclic) bond motifs is 1. The van der Waals surface area contributed by atoms with Crippen LogP contribution in [0.1, 0.15) is 37.5 Å². The van der Waals surface area contributed by atoms with E-state index in [4.69, 9.17) is 0 Å². The molecule has 18 heavy (non-hydrogen) atoms. The van der Waals surface area contributed by atoms with E-state index in [2.05, 4.69) is 58.7 Å². The molecule has 1 aliphatic rings. The highest BCUT2D eigenvalue weighted by Crippen LogP contribution is 2.46. The first-order valence-electron chi connectivity index (χ1n) is 6.24. The van der Waals surface area contributed by atoms with Crippen LogP contribution in [0.2, 0.25) is 0 Å². The van der Waals surface area contributed by atoms with Gasteiger partial charge in [-0.1, -0.05) is 63.4 Å². The van der Waals surface area contributed by atoms with Gasteiger partial charge in [-0.2, -0.15) is 0 Å². The highest BCUT2D eigenvalue weighted by molar-refractivity contribution is 5.87. The normalized spacial score (nSPS) is 16.4. The average Bonchev–Trinajstić information content (AvgIpc) is 2.56. The smallest absolute Gasteiger partial charge is 0.0118 e. The zero-order valence-electron chi connectivity index (χ0n) is 11.5. The van der Waals surface area contributed by atoms with Gasteiger partial charge in [0.15, 0.2) is 0 Å². The molecule has 0 heteroatoms. The minimum absolute atomic E-state index is 0.0902. The third-order valence-electron chi connectivity index (χ3n) is 4.15. The van der Waals surface area contributed by atoms with Crippen molar-refractivity contribution in [1.29, 1.82) is 0 Å². The van der Waals surface area contributed by atoms with E-state index in [1.54, 1.807) is 6.08 Å². The number of allylic oxidation sites excluding steroid dienone is 5. The van der Waals surface area contributed by atoms with Gasteiger partial charge in [0.05, 0.1) is 0 Å². The Kier molecular flexibility index (Phi) is 2.90. The van der Waals surface area contributed by atoms with Crippen molar-refractivity contribution in [2.75, 3.05) is 0 Å². The minimum Gasteiger partial charge on any atom is -0.0985 e. The fourth-order valence-electron chi connectivity index (χ4n) is 2.63. The first-order chi connectivity index (χ1) is 8.43. The molecule has 0 radical (unpaired) electrons. The van der Waals surface area contributed by atoms with Gasteiger partial charge in [0.2, 0.25) is 0 Å². The largest absolute Gasteiger partial charge is 0.0985 e. The predicted octanol–water partition coefficient (Wildman–Crippen LogP) is 5.14. The summed E-state index contributed by atoms with van der Waals surface area (Å²) in [5.41, 5.74) is 7.48. The van der Waals surface area contributed by atoms with E-state index in [-0.39, 0.29) is 5.41 Å². The van der Waals surface area contributed by atoms with Crippen LogP contribution in [0, 0.1) is 0 Å². The van der Waals surface area contributed by atoms with Crippen LogP contribution in [0.3, 0.4) is 0 Å². The van der Waals surface area contributed by atoms with Crippen LogP contribution < -0.4 is 0 Å². The van der Waals surface area contributed by atoms with Gasteiger partial charge in [-0.05, 0) is 40.8 Å². The van der Waals surface area contributed by atoms with E-state index in [0.717, 1.165) is 11.1 Å². The van der Waals surface area contributed by atoms with E-state index in [0.29, 0.717) is 0 Å². The summed E-state index contributed by atoms with van der Waals surface area (Å²) in [7, 11) is 0. The molecular formula is C18H20. The number of benzene rings is 1. The van der Waals surface area contributed by atoms with Crippen LogP contribution >= 0.6 is 0 Å². The van der Waals surface area contributed by atoms with E-state index < -0.39 is 0 Å². The average molecular weight is 236 g/mol. The monoisotopic (exact) mass is 236 g/mol. The molecule has 92 valence electrons. The molecule has 1 aromatic carbocycles. The molecule has 2 rings (SSSR count). The molecule has 1 aromatic rings. The van der Waals surface area contributed by atoms with Crippen LogP contribution in [0.15, 0.2) is 55.7 Å². The van der Waals surface area contributed by atoms with Crippen LogP contribution in [-0.4, -0.2) is 0 Å². The Morgan fingerprint density at radius 3 is 2.44 bits per heavy atom. The zero-order valence-corrected chi connectivity index (χ0v) is 11.5. The lowest BCUT2D eigenvalue weighted by atomic mass is 9.81. The molecule has 0 saturated heterocycles. The second-order valence-electron chi connectivity index (χ2n) is 5.36. The van der Waals surface area contributed by atoms with Gasteiger partial charge in [-0.25, -0.2) is 0 Å². The van der Waals surface area contributed by atoms with Gasteiger partial charge >= 0.3 is 0 Å². The van der Waals surface area contributed by atoms with Crippen molar-refractivity contribution < 1.29 is 0 Å². The summed E-state index contributed by atoms with van der Waals surface area (Å²) in [4.78, 5) is 0. The molecule has 0 bridgehead atoms. The molecule has 0 aromatic heterocycles. The summed E-state index contributed by atoms with van der Waals surface area (Å²) in [6, 6.07) is 6.54. The standard InChI is InChI=1S/C18H20/c1-7-12(3)14-9-10-17-16(11-14)15(8-2)13(4)18(17,5)6/h7-11H,1-3H2,4-6H3. The summed E-state index contributed by atoms with van der Waals surface area (Å²) in [6.45, 7) is 18.5. The Morgan fingerprint density at radius 2 is 1.89 bits per heavy atom. The minimum atomic E-state index is 0.0902. The second-order valence-corrected chi connectivity index (χ2v) is 5.36. The fourth-order valence-corrected chi connectivity index (χ4v) is 2.63. The lowest BCUT2D eigenvalue weighted by Crippen LogP contribution is -2.15. The number of hydrogen-bond acceptors (Lipinski definition) is 0. The van der Waals surface area contributed by atoms with Crippen LogP contribution in [-0.2, 0) is 5.41 Å². The van der Waals surface area contributed by atoms with Gasteiger partial charge < -0.3 is 0 Å². The highest BCUT2D eigenvalue weighted by atomic mass is 14.4. The summed E-state index contributed by atoms with van der Waals surface area (Å²) < 4.78 is 0. The van der Waals surface area contributed by atoms with Crippen LogP contribution in [0.4, 0.5) is 0 Å². The van der Waals surface area contributed by atoms with Gasteiger partial charge in [0, 0.05) is 5.41 Å². The topological polar surface area (TPSA) is 0 Å². The van der Waals surface area contributed by atoms with E-state index in [9.17, 15) is 0 Å². The third kappa shape index (κ3) is 1.60. The van der Waals surface area contributed by atoms with E-state index in [1.807, 2.05) is 6.08 Å². The van der Waals surface area contributed by atoms with Crippen molar-refractivity contribution in [3.63, 3.8) is 0 Å². The lowest BCUT2D eigenvalue weighted by Gasteiger charge is -2.22. The van der Waals surface area contributed by atoms with Crippen molar-refractivity contribution in [2.45, 2.75) is 26.2 Å². The Labute approximate surface area is 110 Å². The molecule has 0 spiro atoms. The van der Waals surface area contributed by atoms with Gasteiger partial charge in [0.1, 0.15) is 0 Å². The SMILES string of the molecule is C=CC(=C)c1ccc2c(c1)C(C=C)=C(C)C2(C)C. The maximum absolute atomic E-state index is 4.02. The Morgan fingerprint density at radius 1 is 1.22 bits per heavy atom. The molecule has 0 nitrogen and oxygen atoms in total. The Bertz CT molecular complexity index is 580. The van der Waals surface area contributed by atoms with Crippen molar-refractivity contribution in [3.05, 3.63) is 72.4 Å². The van der Waals surface area contributed by atoms with Crippen LogP contribution in [0.5, 0.6) is 0 Å². The molecule has 0 amide bonds. The quantitative estimate of drug-likeness (QED) is 0.638. The molecule has 0 atom stereocenters. The molecule has 0 heterocycles. The first kappa shape index (κ1) is 12.6. The Hall–Kier alpha value is -1.82. The molecule has 0 fully saturated rings. The van der Waals surface area contributed by atoms with Crippen molar-refractivity contribution in [1.82, 2.24) is 0 Å². The fraction of sp³-hybridized carbons (Fsp3) is 0.222. The molecule has 0 aliphatic heterocycles. The summed E-state index contributed by atoms with van der Waals surface area (Å²) in [5.74, 6) is 0. The number of hydrogen-bond donors (Lipinski definition) is 0. The maximum atomic E-state index is 4.02. The van der Waals surface area contributed by atoms with Crippen LogP contribution in [0.25, 0.3) is 11.1 Å². The Balaban J connectivity index is 2.69. The molecule has 0 saturated carbocycles. The molecule has 0 unspecified atom stereocenters. The molecule has 0 N–H and O–H groups in total. The summed E-state index contributed by atoms with van der Waals surface area (Å²) >= 11 is 0. The predicted molar refractivity (Wildman–Crippen MR) is 81.5 cm³/mol. The summed E-state index contributed by atoms with van der Waals surface area (Å²) in [5, 5.41) is 0.